The first kappa shape index (κ1) is 26.6. The van der Waals surface area contributed by atoms with Crippen LogP contribution in [0.15, 0.2) is 39.2 Å². The third-order valence-electron chi connectivity index (χ3n) is 7.06. The van der Waals surface area contributed by atoms with Gasteiger partial charge in [-0.05, 0) is 50.1 Å². The Kier molecular flexibility index (Phi) is 8.10. The second-order valence-electron chi connectivity index (χ2n) is 11.0. The van der Waals surface area contributed by atoms with Crippen molar-refractivity contribution in [3.05, 3.63) is 45.9 Å². The molecule has 4 rings (SSSR count). The summed E-state index contributed by atoms with van der Waals surface area (Å²) < 4.78 is 1.77. The zero-order chi connectivity index (χ0) is 26.6. The fourth-order valence-corrected chi connectivity index (χ4v) is 5.13. The highest BCUT2D eigenvalue weighted by Crippen LogP contribution is 2.30. The lowest BCUT2D eigenvalue weighted by atomic mass is 9.89. The van der Waals surface area contributed by atoms with Crippen LogP contribution in [-0.4, -0.2) is 46.4 Å². The Morgan fingerprint density at radius 1 is 1.24 bits per heavy atom. The van der Waals surface area contributed by atoms with Gasteiger partial charge in [0.15, 0.2) is 5.52 Å². The van der Waals surface area contributed by atoms with Gasteiger partial charge in [0.25, 0.3) is 5.56 Å². The van der Waals surface area contributed by atoms with Gasteiger partial charge in [-0.3, -0.25) is 24.5 Å². The number of hydrogen-bond donors (Lipinski definition) is 1. The number of H-pyrrole nitrogens is 1. The lowest BCUT2D eigenvalue weighted by molar-refractivity contribution is 0.356. The van der Waals surface area contributed by atoms with Gasteiger partial charge >= 0.3 is 0 Å². The number of aromatic amines is 1. The fraction of sp³-hybridized carbons (Fsp3) is 0.536. The quantitative estimate of drug-likeness (QED) is 0.248. The summed E-state index contributed by atoms with van der Waals surface area (Å²) >= 11 is 0. The first-order chi connectivity index (χ1) is 17.7. The maximum absolute atomic E-state index is 13.4. The van der Waals surface area contributed by atoms with E-state index in [-0.39, 0.29) is 11.0 Å². The molecule has 0 unspecified atom stereocenters. The van der Waals surface area contributed by atoms with E-state index in [0.717, 1.165) is 23.5 Å². The molecule has 37 heavy (non-hydrogen) atoms. The summed E-state index contributed by atoms with van der Waals surface area (Å²) in [6, 6.07) is 8.25. The molecule has 3 aromatic rings. The predicted molar refractivity (Wildman–Crippen MR) is 153 cm³/mol. The fourth-order valence-electron chi connectivity index (χ4n) is 5.13. The van der Waals surface area contributed by atoms with E-state index >= 15 is 0 Å². The van der Waals surface area contributed by atoms with Crippen molar-refractivity contribution in [2.45, 2.75) is 78.3 Å². The van der Waals surface area contributed by atoms with Gasteiger partial charge in [-0.25, -0.2) is 4.98 Å². The lowest BCUT2D eigenvalue weighted by Crippen LogP contribution is -2.33. The molecule has 1 saturated carbocycles. The molecule has 0 aliphatic heterocycles. The van der Waals surface area contributed by atoms with Crippen LogP contribution in [0.1, 0.15) is 71.1 Å². The highest BCUT2D eigenvalue weighted by atomic mass is 16.1. The van der Waals surface area contributed by atoms with Crippen molar-refractivity contribution >= 4 is 35.7 Å². The number of aromatic nitrogens is 4. The number of anilines is 2. The Labute approximate surface area is 219 Å². The third kappa shape index (κ3) is 6.09. The zero-order valence-electron chi connectivity index (χ0n) is 22.9. The van der Waals surface area contributed by atoms with Crippen LogP contribution in [0.25, 0.3) is 11.0 Å². The van der Waals surface area contributed by atoms with E-state index < -0.39 is 0 Å². The average molecular weight is 505 g/mol. The second-order valence-corrected chi connectivity index (χ2v) is 11.0. The van der Waals surface area contributed by atoms with Gasteiger partial charge in [-0.2, -0.15) is 10.2 Å². The summed E-state index contributed by atoms with van der Waals surface area (Å²) in [5, 5.41) is 10.8. The van der Waals surface area contributed by atoms with E-state index in [1.165, 1.54) is 38.4 Å². The first-order valence-electron chi connectivity index (χ1n) is 13.3. The first-order valence-corrected chi connectivity index (χ1v) is 13.3. The van der Waals surface area contributed by atoms with Crippen LogP contribution in [0.3, 0.4) is 0 Å². The monoisotopic (exact) mass is 504 g/mol. The third-order valence-corrected chi connectivity index (χ3v) is 7.06. The van der Waals surface area contributed by atoms with E-state index in [0.29, 0.717) is 36.0 Å². The molecule has 0 saturated heterocycles. The molecule has 9 nitrogen and oxygen atoms in total. The van der Waals surface area contributed by atoms with Crippen LogP contribution in [0.2, 0.25) is 0 Å². The van der Waals surface area contributed by atoms with Crippen LogP contribution in [-0.2, 0) is 18.5 Å². The van der Waals surface area contributed by atoms with Gasteiger partial charge < -0.3 is 4.90 Å². The molecule has 0 atom stereocenters. The molecular weight excluding hydrogens is 464 g/mol. The van der Waals surface area contributed by atoms with Crippen molar-refractivity contribution in [1.82, 2.24) is 19.7 Å². The number of nitrogens with one attached hydrogen (secondary N) is 1. The second kappa shape index (κ2) is 11.3. The normalized spacial score (nSPS) is 14.9. The molecule has 198 valence electrons. The van der Waals surface area contributed by atoms with Crippen LogP contribution in [0.4, 0.5) is 11.6 Å². The topological polar surface area (TPSA) is 94.8 Å². The summed E-state index contributed by atoms with van der Waals surface area (Å²) in [5.41, 5.74) is 3.79. The Morgan fingerprint density at radius 2 is 2.00 bits per heavy atom. The number of benzene rings is 1. The maximum atomic E-state index is 13.4. The minimum atomic E-state index is -0.231. The number of hydrogen-bond acceptors (Lipinski definition) is 6. The molecule has 9 heteroatoms. The van der Waals surface area contributed by atoms with Crippen LogP contribution < -0.4 is 15.5 Å². The van der Waals surface area contributed by atoms with Gasteiger partial charge in [-0.15, -0.1) is 0 Å². The Hall–Kier alpha value is -3.49. The minimum absolute atomic E-state index is 0.141. The molecule has 1 aliphatic rings. The van der Waals surface area contributed by atoms with Gasteiger partial charge in [0, 0.05) is 32.1 Å². The van der Waals surface area contributed by atoms with Crippen molar-refractivity contribution in [3.63, 3.8) is 0 Å². The predicted octanol–water partition coefficient (Wildman–Crippen LogP) is 5.10. The molecule has 0 amide bonds. The molecule has 0 bridgehead atoms. The zero-order valence-corrected chi connectivity index (χ0v) is 22.9. The SMILES string of the molecule is C=N/C=N\N(C)c1cccc(CN(CC2CCCCC2)c2nc3c(C(C)(C)C)nn(CC)c3c(=O)[nH]2)c1. The van der Waals surface area contributed by atoms with Crippen molar-refractivity contribution in [2.24, 2.45) is 16.0 Å². The Morgan fingerprint density at radius 3 is 2.68 bits per heavy atom. The van der Waals surface area contributed by atoms with Crippen molar-refractivity contribution in [1.29, 1.82) is 0 Å². The molecule has 0 radical (unpaired) electrons. The van der Waals surface area contributed by atoms with Gasteiger partial charge in [0.1, 0.15) is 11.9 Å². The molecule has 0 spiro atoms. The number of nitrogens with zero attached hydrogens (tertiary/aromatic N) is 7. The average Bonchev–Trinajstić information content (AvgIpc) is 3.28. The number of aliphatic imine (C=N–C) groups is 1. The van der Waals surface area contributed by atoms with Crippen molar-refractivity contribution in [2.75, 3.05) is 23.5 Å². The smallest absolute Gasteiger partial charge is 0.278 e. The van der Waals surface area contributed by atoms with E-state index in [1.807, 2.05) is 26.1 Å². The summed E-state index contributed by atoms with van der Waals surface area (Å²) in [4.78, 5) is 27.5. The van der Waals surface area contributed by atoms with Crippen LogP contribution in [0.5, 0.6) is 0 Å². The van der Waals surface area contributed by atoms with Crippen LogP contribution in [0, 0.1) is 5.92 Å². The van der Waals surface area contributed by atoms with Gasteiger partial charge in [0.2, 0.25) is 5.95 Å². The number of aryl methyl sites for hydroxylation is 1. The standard InChI is InChI=1S/C28H40N8O/c1-7-36-24-23(25(33-36)28(2,3)4)31-27(32-26(24)37)35(17-20-12-9-8-10-13-20)18-21-14-11-15-22(16-21)34(6)30-19-29-5/h11,14-16,19-20H,5,7-10,12-13,17-18H2,1-4,6H3,(H,31,32,37)/b30-19-. The largest absolute Gasteiger partial charge is 0.338 e. The Balaban J connectivity index is 1.76. The van der Waals surface area contributed by atoms with Gasteiger partial charge in [-0.1, -0.05) is 52.2 Å². The number of fused-ring (bicyclic) bond motifs is 1. The van der Waals surface area contributed by atoms with E-state index in [1.54, 1.807) is 9.69 Å². The summed E-state index contributed by atoms with van der Waals surface area (Å²) in [6.07, 6.45) is 7.65. The van der Waals surface area contributed by atoms with E-state index in [4.69, 9.17) is 10.1 Å². The molecule has 2 heterocycles. The molecule has 1 fully saturated rings. The van der Waals surface area contributed by atoms with E-state index in [2.05, 4.69) is 59.6 Å². The Bertz CT molecular complexity index is 1310. The molecule has 2 aromatic heterocycles. The highest BCUT2D eigenvalue weighted by Gasteiger charge is 2.27. The summed E-state index contributed by atoms with van der Waals surface area (Å²) in [7, 11) is 1.88. The van der Waals surface area contributed by atoms with Crippen molar-refractivity contribution < 1.29 is 0 Å². The highest BCUT2D eigenvalue weighted by molar-refractivity contribution is 5.79. The van der Waals surface area contributed by atoms with Crippen molar-refractivity contribution in [3.8, 4) is 0 Å². The molecule has 1 aliphatic carbocycles. The van der Waals surface area contributed by atoms with E-state index in [9.17, 15) is 4.79 Å². The summed E-state index contributed by atoms with van der Waals surface area (Å²) in [6.45, 7) is 13.9. The number of rotatable bonds is 9. The molecular formula is C28H40N8O. The maximum Gasteiger partial charge on any atom is 0.278 e. The molecule has 1 N–H and O–H groups in total. The summed E-state index contributed by atoms with van der Waals surface area (Å²) in [5.74, 6) is 1.18. The molecule has 1 aromatic carbocycles. The lowest BCUT2D eigenvalue weighted by Gasteiger charge is -2.30. The van der Waals surface area contributed by atoms with Crippen LogP contribution >= 0.6 is 0 Å². The minimum Gasteiger partial charge on any atom is -0.338 e. The number of hydrazone groups is 1. The van der Waals surface area contributed by atoms with Gasteiger partial charge in [0.05, 0.1) is 11.4 Å².